The van der Waals surface area contributed by atoms with E-state index < -0.39 is 24.4 Å². The first-order valence-electron chi connectivity index (χ1n) is 3.87. The number of aliphatic hydroxyl groups is 3. The van der Waals surface area contributed by atoms with Gasteiger partial charge in [-0.1, -0.05) is 0 Å². The molecule has 5 N–H and O–H groups in total. The Kier molecular flexibility index (Phi) is 2.49. The summed E-state index contributed by atoms with van der Waals surface area (Å²) in [5, 5.41) is 27.7. The third-order valence-electron chi connectivity index (χ3n) is 2.38. The molecule has 1 rings (SSSR count). The second-order valence-corrected chi connectivity index (χ2v) is 3.26. The van der Waals surface area contributed by atoms with Gasteiger partial charge in [0, 0.05) is 6.04 Å². The molecule has 0 aromatic carbocycles. The maximum absolute atomic E-state index is 9.54. The molecule has 0 spiro atoms. The van der Waals surface area contributed by atoms with Crippen LogP contribution >= 0.6 is 0 Å². The summed E-state index contributed by atoms with van der Waals surface area (Å²) in [5.41, 5.74) is 4.14. The molecule has 3 unspecified atom stereocenters. The molecule has 1 saturated carbocycles. The summed E-state index contributed by atoms with van der Waals surface area (Å²) >= 11 is 0. The van der Waals surface area contributed by atoms with E-state index in [1.54, 1.807) is 0 Å². The summed E-state index contributed by atoms with van der Waals surface area (Å²) in [6.07, 6.45) is 0.915. The van der Waals surface area contributed by atoms with E-state index in [0.29, 0.717) is 12.8 Å². The predicted octanol–water partition coefficient (Wildman–Crippen LogP) is -1.42. The van der Waals surface area contributed by atoms with Gasteiger partial charge in [-0.25, -0.2) is 0 Å². The highest BCUT2D eigenvalue weighted by Crippen LogP contribution is 2.27. The Morgan fingerprint density at radius 2 is 2.18 bits per heavy atom. The van der Waals surface area contributed by atoms with E-state index in [0.717, 1.165) is 6.42 Å². The number of rotatable bonds is 1. The molecule has 0 aromatic rings. The number of hydrogen-bond acceptors (Lipinski definition) is 4. The van der Waals surface area contributed by atoms with Crippen LogP contribution < -0.4 is 5.73 Å². The van der Waals surface area contributed by atoms with E-state index in [9.17, 15) is 10.2 Å². The molecule has 0 aliphatic heterocycles. The fraction of sp³-hybridized carbons (Fsp3) is 1.00. The zero-order valence-corrected chi connectivity index (χ0v) is 6.40. The Hall–Kier alpha value is -0.160. The van der Waals surface area contributed by atoms with Crippen LogP contribution in [0.2, 0.25) is 0 Å². The molecule has 3 atom stereocenters. The van der Waals surface area contributed by atoms with E-state index >= 15 is 0 Å². The standard InChI is InChI=1S/C7H15NO3/c8-5-2-1-3-7(11,4-9)6(5)10/h5-6,9-11H,1-4,8H2. The fourth-order valence-electron chi connectivity index (χ4n) is 1.52. The van der Waals surface area contributed by atoms with Gasteiger partial charge < -0.3 is 21.1 Å². The van der Waals surface area contributed by atoms with Crippen LogP contribution in [0.15, 0.2) is 0 Å². The maximum atomic E-state index is 9.54. The average Bonchev–Trinajstić information content (AvgIpc) is 2.00. The molecule has 0 aromatic heterocycles. The minimum Gasteiger partial charge on any atom is -0.393 e. The first-order chi connectivity index (χ1) is 5.10. The second-order valence-electron chi connectivity index (χ2n) is 3.26. The lowest BCUT2D eigenvalue weighted by molar-refractivity contribution is -0.133. The van der Waals surface area contributed by atoms with Gasteiger partial charge in [0.2, 0.25) is 0 Å². The quantitative estimate of drug-likeness (QED) is 0.380. The smallest absolute Gasteiger partial charge is 0.115 e. The van der Waals surface area contributed by atoms with Crippen molar-refractivity contribution < 1.29 is 15.3 Å². The highest BCUT2D eigenvalue weighted by Gasteiger charge is 2.41. The van der Waals surface area contributed by atoms with Crippen LogP contribution in [-0.2, 0) is 0 Å². The topological polar surface area (TPSA) is 86.7 Å². The molecule has 0 saturated heterocycles. The SMILES string of the molecule is NC1CCCC(O)(CO)C1O. The van der Waals surface area contributed by atoms with Crippen molar-refractivity contribution in [3.8, 4) is 0 Å². The second kappa shape index (κ2) is 3.06. The Labute approximate surface area is 65.6 Å². The van der Waals surface area contributed by atoms with Crippen molar-refractivity contribution in [1.29, 1.82) is 0 Å². The third kappa shape index (κ3) is 1.54. The van der Waals surface area contributed by atoms with Crippen LogP contribution in [0.1, 0.15) is 19.3 Å². The van der Waals surface area contributed by atoms with E-state index in [4.69, 9.17) is 10.8 Å². The van der Waals surface area contributed by atoms with Gasteiger partial charge in [-0.15, -0.1) is 0 Å². The largest absolute Gasteiger partial charge is 0.393 e. The molecule has 1 aliphatic rings. The van der Waals surface area contributed by atoms with Crippen molar-refractivity contribution in [2.75, 3.05) is 6.61 Å². The average molecular weight is 161 g/mol. The molecule has 0 radical (unpaired) electrons. The number of aliphatic hydroxyl groups excluding tert-OH is 2. The minimum atomic E-state index is -1.36. The third-order valence-corrected chi connectivity index (χ3v) is 2.38. The molecule has 4 heteroatoms. The van der Waals surface area contributed by atoms with Crippen LogP contribution in [0.25, 0.3) is 0 Å². The molecule has 0 amide bonds. The molecule has 0 bridgehead atoms. The van der Waals surface area contributed by atoms with Gasteiger partial charge >= 0.3 is 0 Å². The molecule has 1 aliphatic carbocycles. The summed E-state index contributed by atoms with van der Waals surface area (Å²) in [6.45, 7) is -0.415. The Bertz CT molecular complexity index is 142. The summed E-state index contributed by atoms with van der Waals surface area (Å²) in [5.74, 6) is 0. The van der Waals surface area contributed by atoms with Crippen LogP contribution in [0.3, 0.4) is 0 Å². The molecule has 66 valence electrons. The van der Waals surface area contributed by atoms with Crippen molar-refractivity contribution >= 4 is 0 Å². The zero-order valence-electron chi connectivity index (χ0n) is 6.40. The van der Waals surface area contributed by atoms with Crippen molar-refractivity contribution in [1.82, 2.24) is 0 Å². The lowest BCUT2D eigenvalue weighted by Crippen LogP contribution is -2.57. The van der Waals surface area contributed by atoms with Crippen molar-refractivity contribution in [3.63, 3.8) is 0 Å². The number of hydrogen-bond donors (Lipinski definition) is 4. The van der Waals surface area contributed by atoms with Gasteiger partial charge in [0.05, 0.1) is 12.7 Å². The summed E-state index contributed by atoms with van der Waals surface area (Å²) in [6, 6.07) is -0.402. The molecule has 4 nitrogen and oxygen atoms in total. The highest BCUT2D eigenvalue weighted by molar-refractivity contribution is 4.95. The molecule has 0 heterocycles. The molecular weight excluding hydrogens is 146 g/mol. The van der Waals surface area contributed by atoms with Crippen molar-refractivity contribution in [2.45, 2.75) is 37.0 Å². The van der Waals surface area contributed by atoms with Crippen LogP contribution in [-0.4, -0.2) is 39.7 Å². The van der Waals surface area contributed by atoms with Crippen molar-refractivity contribution in [2.24, 2.45) is 5.73 Å². The number of nitrogens with two attached hydrogens (primary N) is 1. The van der Waals surface area contributed by atoms with Crippen LogP contribution in [0.4, 0.5) is 0 Å². The van der Waals surface area contributed by atoms with Crippen LogP contribution in [0.5, 0.6) is 0 Å². The summed E-state index contributed by atoms with van der Waals surface area (Å²) < 4.78 is 0. The Balaban J connectivity index is 2.64. The Morgan fingerprint density at radius 1 is 1.55 bits per heavy atom. The van der Waals surface area contributed by atoms with E-state index in [1.807, 2.05) is 0 Å². The van der Waals surface area contributed by atoms with Gasteiger partial charge in [0.1, 0.15) is 5.60 Å². The Morgan fingerprint density at radius 3 is 2.64 bits per heavy atom. The predicted molar refractivity (Wildman–Crippen MR) is 39.9 cm³/mol. The van der Waals surface area contributed by atoms with Crippen LogP contribution in [0, 0.1) is 0 Å². The highest BCUT2D eigenvalue weighted by atomic mass is 16.4. The first kappa shape index (κ1) is 8.93. The van der Waals surface area contributed by atoms with E-state index in [2.05, 4.69) is 0 Å². The zero-order chi connectivity index (χ0) is 8.48. The molecule has 11 heavy (non-hydrogen) atoms. The van der Waals surface area contributed by atoms with E-state index in [1.165, 1.54) is 0 Å². The molecular formula is C7H15NO3. The van der Waals surface area contributed by atoms with Gasteiger partial charge in [-0.2, -0.15) is 0 Å². The normalized spacial score (nSPS) is 45.8. The fourth-order valence-corrected chi connectivity index (χ4v) is 1.52. The lowest BCUT2D eigenvalue weighted by Gasteiger charge is -2.38. The van der Waals surface area contributed by atoms with Crippen molar-refractivity contribution in [3.05, 3.63) is 0 Å². The first-order valence-corrected chi connectivity index (χ1v) is 3.87. The maximum Gasteiger partial charge on any atom is 0.115 e. The van der Waals surface area contributed by atoms with Gasteiger partial charge in [-0.05, 0) is 19.3 Å². The summed E-state index contributed by atoms with van der Waals surface area (Å²) in [4.78, 5) is 0. The molecule has 1 fully saturated rings. The summed E-state index contributed by atoms with van der Waals surface area (Å²) in [7, 11) is 0. The van der Waals surface area contributed by atoms with Gasteiger partial charge in [-0.3, -0.25) is 0 Å². The van der Waals surface area contributed by atoms with Gasteiger partial charge in [0.15, 0.2) is 0 Å². The minimum absolute atomic E-state index is 0.402. The monoisotopic (exact) mass is 161 g/mol. The van der Waals surface area contributed by atoms with Gasteiger partial charge in [0.25, 0.3) is 0 Å². The lowest BCUT2D eigenvalue weighted by atomic mass is 9.80. The van der Waals surface area contributed by atoms with E-state index in [-0.39, 0.29) is 0 Å².